The van der Waals surface area contributed by atoms with E-state index in [1.165, 1.54) is 6.08 Å². The number of hydrogen-bond acceptors (Lipinski definition) is 3. The second kappa shape index (κ2) is 6.95. The highest BCUT2D eigenvalue weighted by molar-refractivity contribution is 6.01. The minimum absolute atomic E-state index is 0.133. The molecular formula is C13H23F2N3. The Kier molecular flexibility index (Phi) is 5.88. The van der Waals surface area contributed by atoms with E-state index in [9.17, 15) is 8.78 Å². The maximum absolute atomic E-state index is 13.3. The zero-order valence-electron chi connectivity index (χ0n) is 11.2. The number of nitrogens with two attached hydrogens (primary N) is 1. The lowest BCUT2D eigenvalue weighted by Crippen LogP contribution is -2.23. The average Bonchev–Trinajstić information content (AvgIpc) is 2.51. The van der Waals surface area contributed by atoms with Gasteiger partial charge in [0.2, 0.25) is 0 Å². The van der Waals surface area contributed by atoms with Crippen LogP contribution in [0.5, 0.6) is 0 Å². The Balaban J connectivity index is 2.59. The first-order valence-corrected chi connectivity index (χ1v) is 6.52. The van der Waals surface area contributed by atoms with Crippen molar-refractivity contribution in [1.29, 1.82) is 0 Å². The van der Waals surface area contributed by atoms with Crippen molar-refractivity contribution >= 4 is 5.71 Å². The first-order valence-electron chi connectivity index (χ1n) is 6.52. The van der Waals surface area contributed by atoms with E-state index in [0.29, 0.717) is 6.54 Å². The van der Waals surface area contributed by atoms with Gasteiger partial charge in [0, 0.05) is 19.5 Å². The second-order valence-electron chi connectivity index (χ2n) is 4.91. The summed E-state index contributed by atoms with van der Waals surface area (Å²) in [6, 6.07) is 0.154. The third-order valence-electron chi connectivity index (χ3n) is 3.00. The predicted octanol–water partition coefficient (Wildman–Crippen LogP) is 2.48. The first-order chi connectivity index (χ1) is 8.43. The molecule has 0 fully saturated rings. The van der Waals surface area contributed by atoms with Crippen molar-refractivity contribution in [3.05, 3.63) is 11.6 Å². The van der Waals surface area contributed by atoms with Gasteiger partial charge >= 0.3 is 0 Å². The van der Waals surface area contributed by atoms with E-state index < -0.39 is 5.92 Å². The van der Waals surface area contributed by atoms with E-state index in [2.05, 4.69) is 17.2 Å². The molecule has 1 unspecified atom stereocenters. The number of hydrogen-bond donors (Lipinski definition) is 2. The molecule has 0 radical (unpaired) electrons. The molecule has 1 heterocycles. The largest absolute Gasteiger partial charge is 0.328 e. The Morgan fingerprint density at radius 3 is 2.83 bits per heavy atom. The summed E-state index contributed by atoms with van der Waals surface area (Å²) in [5.74, 6) is -2.87. The molecule has 3 nitrogen and oxygen atoms in total. The van der Waals surface area contributed by atoms with Crippen molar-refractivity contribution < 1.29 is 8.78 Å². The molecule has 0 saturated heterocycles. The molecule has 104 valence electrons. The SMILES string of the molecule is CCCC(N)CCC1=CC(C(C)(F)F)=NCNC1. The molecule has 0 amide bonds. The fraction of sp³-hybridized carbons (Fsp3) is 0.769. The number of halogens is 2. The van der Waals surface area contributed by atoms with Gasteiger partial charge in [0.1, 0.15) is 5.71 Å². The van der Waals surface area contributed by atoms with Gasteiger partial charge in [0.25, 0.3) is 5.92 Å². The van der Waals surface area contributed by atoms with E-state index in [0.717, 1.165) is 38.2 Å². The van der Waals surface area contributed by atoms with Crippen molar-refractivity contribution in [3.63, 3.8) is 0 Å². The molecule has 1 aliphatic heterocycles. The van der Waals surface area contributed by atoms with Crippen molar-refractivity contribution in [2.24, 2.45) is 10.7 Å². The molecule has 3 N–H and O–H groups in total. The third kappa shape index (κ3) is 5.23. The number of allylic oxidation sites excluding steroid dienone is 1. The lowest BCUT2D eigenvalue weighted by atomic mass is 10.0. The Morgan fingerprint density at radius 2 is 2.22 bits per heavy atom. The summed E-state index contributed by atoms with van der Waals surface area (Å²) < 4.78 is 26.5. The Morgan fingerprint density at radius 1 is 1.50 bits per heavy atom. The monoisotopic (exact) mass is 259 g/mol. The van der Waals surface area contributed by atoms with Crippen LogP contribution < -0.4 is 11.1 Å². The summed E-state index contributed by atoms with van der Waals surface area (Å²) in [5, 5.41) is 3.03. The van der Waals surface area contributed by atoms with E-state index in [-0.39, 0.29) is 18.4 Å². The molecule has 0 bridgehead atoms. The van der Waals surface area contributed by atoms with Crippen LogP contribution in [0.1, 0.15) is 39.5 Å². The first kappa shape index (κ1) is 15.2. The molecule has 0 aromatic heterocycles. The van der Waals surface area contributed by atoms with Gasteiger partial charge in [-0.2, -0.15) is 8.78 Å². The van der Waals surface area contributed by atoms with Crippen LogP contribution >= 0.6 is 0 Å². The number of nitrogens with one attached hydrogen (secondary N) is 1. The van der Waals surface area contributed by atoms with E-state index >= 15 is 0 Å². The second-order valence-corrected chi connectivity index (χ2v) is 4.91. The fourth-order valence-corrected chi connectivity index (χ4v) is 1.96. The van der Waals surface area contributed by atoms with Crippen LogP contribution in [0.15, 0.2) is 16.6 Å². The summed E-state index contributed by atoms with van der Waals surface area (Å²) in [5.41, 5.74) is 6.76. The van der Waals surface area contributed by atoms with Gasteiger partial charge in [0.05, 0.1) is 6.67 Å². The highest BCUT2D eigenvalue weighted by Gasteiger charge is 2.28. The van der Waals surface area contributed by atoms with Gasteiger partial charge in [-0.25, -0.2) is 0 Å². The lowest BCUT2D eigenvalue weighted by molar-refractivity contribution is 0.101. The van der Waals surface area contributed by atoms with Gasteiger partial charge in [-0.1, -0.05) is 18.9 Å². The smallest absolute Gasteiger partial charge is 0.286 e. The van der Waals surface area contributed by atoms with Gasteiger partial charge < -0.3 is 5.73 Å². The van der Waals surface area contributed by atoms with Crippen LogP contribution in [-0.2, 0) is 0 Å². The normalized spacial score (nSPS) is 18.9. The third-order valence-corrected chi connectivity index (χ3v) is 3.00. The number of aliphatic imine (C=N–C) groups is 1. The minimum atomic E-state index is -2.87. The summed E-state index contributed by atoms with van der Waals surface area (Å²) in [6.45, 7) is 3.84. The van der Waals surface area contributed by atoms with Crippen LogP contribution in [0.25, 0.3) is 0 Å². The predicted molar refractivity (Wildman–Crippen MR) is 71.1 cm³/mol. The molecule has 1 aliphatic rings. The van der Waals surface area contributed by atoms with Crippen LogP contribution in [0.3, 0.4) is 0 Å². The fourth-order valence-electron chi connectivity index (χ4n) is 1.96. The molecule has 5 heteroatoms. The van der Waals surface area contributed by atoms with Crippen LogP contribution in [0, 0.1) is 0 Å². The van der Waals surface area contributed by atoms with Gasteiger partial charge in [-0.15, -0.1) is 0 Å². The number of nitrogens with zero attached hydrogens (tertiary/aromatic N) is 1. The summed E-state index contributed by atoms with van der Waals surface area (Å²) in [4.78, 5) is 3.86. The maximum Gasteiger partial charge on any atom is 0.286 e. The number of alkyl halides is 2. The molecule has 1 atom stereocenters. The van der Waals surface area contributed by atoms with E-state index in [1.54, 1.807) is 0 Å². The highest BCUT2D eigenvalue weighted by atomic mass is 19.3. The van der Waals surface area contributed by atoms with Crippen molar-refractivity contribution in [1.82, 2.24) is 5.32 Å². The molecule has 18 heavy (non-hydrogen) atoms. The van der Waals surface area contributed by atoms with Crippen molar-refractivity contribution in [2.45, 2.75) is 51.5 Å². The average molecular weight is 259 g/mol. The summed E-state index contributed by atoms with van der Waals surface area (Å²) in [6.07, 6.45) is 5.15. The highest BCUT2D eigenvalue weighted by Crippen LogP contribution is 2.19. The molecular weight excluding hydrogens is 236 g/mol. The summed E-state index contributed by atoms with van der Waals surface area (Å²) in [7, 11) is 0. The molecule has 0 aromatic carbocycles. The van der Waals surface area contributed by atoms with E-state index in [1.807, 2.05) is 0 Å². The minimum Gasteiger partial charge on any atom is -0.328 e. The number of rotatable bonds is 6. The molecule has 0 spiro atoms. The Labute approximate surface area is 108 Å². The maximum atomic E-state index is 13.3. The van der Waals surface area contributed by atoms with Crippen LogP contribution in [-0.4, -0.2) is 30.9 Å². The quantitative estimate of drug-likeness (QED) is 0.770. The standard InChI is InChI=1S/C13H23F2N3/c1-3-4-11(16)6-5-10-7-12(13(2,14)15)18-9-17-8-10/h7,11,17H,3-6,8-9,16H2,1-2H3. The molecule has 0 saturated carbocycles. The zero-order valence-corrected chi connectivity index (χ0v) is 11.2. The van der Waals surface area contributed by atoms with E-state index in [4.69, 9.17) is 5.73 Å². The van der Waals surface area contributed by atoms with Gasteiger partial charge in [-0.3, -0.25) is 10.3 Å². The zero-order chi connectivity index (χ0) is 13.6. The van der Waals surface area contributed by atoms with Crippen LogP contribution in [0.4, 0.5) is 8.78 Å². The van der Waals surface area contributed by atoms with Gasteiger partial charge in [0.15, 0.2) is 0 Å². The van der Waals surface area contributed by atoms with Crippen LogP contribution in [0.2, 0.25) is 0 Å². The topological polar surface area (TPSA) is 50.4 Å². The Bertz CT molecular complexity index is 319. The van der Waals surface area contributed by atoms with Crippen molar-refractivity contribution in [2.75, 3.05) is 13.2 Å². The summed E-state index contributed by atoms with van der Waals surface area (Å²) >= 11 is 0. The van der Waals surface area contributed by atoms with Crippen molar-refractivity contribution in [3.8, 4) is 0 Å². The molecule has 0 aliphatic carbocycles. The molecule has 1 rings (SSSR count). The molecule has 0 aromatic rings. The lowest BCUT2D eigenvalue weighted by Gasteiger charge is -2.13. The Hall–Kier alpha value is -0.810. The van der Waals surface area contributed by atoms with Gasteiger partial charge in [-0.05, 0) is 25.3 Å².